The zero-order chi connectivity index (χ0) is 42.0. The Labute approximate surface area is 333 Å². The summed E-state index contributed by atoms with van der Waals surface area (Å²) in [5.41, 5.74) is -1.63. The Morgan fingerprint density at radius 3 is 2.07 bits per heavy atom. The number of hydrogen-bond donors (Lipinski definition) is 8. The first kappa shape index (κ1) is 43.1. The van der Waals surface area contributed by atoms with Gasteiger partial charge in [-0.3, -0.25) is 9.59 Å². The predicted octanol–water partition coefficient (Wildman–Crippen LogP) is 2.15. The highest BCUT2D eigenvalue weighted by atomic mass is 16.8. The summed E-state index contributed by atoms with van der Waals surface area (Å²) >= 11 is 0. The van der Waals surface area contributed by atoms with E-state index in [9.17, 15) is 55.2 Å². The van der Waals surface area contributed by atoms with E-state index in [1.807, 2.05) is 13.0 Å². The number of aliphatic hydroxyl groups is 6. The van der Waals surface area contributed by atoms with E-state index in [1.54, 1.807) is 0 Å². The summed E-state index contributed by atoms with van der Waals surface area (Å²) in [6.07, 6.45) is -9.82. The largest absolute Gasteiger partial charge is 0.481 e. The maximum atomic E-state index is 14.8. The van der Waals surface area contributed by atoms with Gasteiger partial charge >= 0.3 is 11.9 Å². The Kier molecular flexibility index (Phi) is 10.8. The van der Waals surface area contributed by atoms with Gasteiger partial charge in [-0.2, -0.15) is 0 Å². The minimum absolute atomic E-state index is 0.00364. The number of carbonyl (C=O) groups excluding carboxylic acids is 1. The fraction of sp³-hybridized carbons (Fsp3) is 0.881. The SMILES string of the molecule is CC1(C)C(O[C@@H]2O[C@H](C(=O)O)[C@@H](O)[C@H](O)[C@H]2O[C@@H]2O[C@H](CO)[C@@H](O)[C@H](O)[C@H]2O)CC[C@]2(C)[C@H]3C(=O)C=C4[C@@H]5C[C@@](C)(C(=O)O)CC[C@]5(C)CC[C@@]4(C)[C@]3(C)CC[C@@H]12. The molecule has 0 radical (unpaired) electrons. The molecular formula is C42H64O15. The Balaban J connectivity index is 1.17. The third-order valence-electron chi connectivity index (χ3n) is 17.3. The molecule has 6 fully saturated rings. The number of fused-ring (bicyclic) bond motifs is 7. The van der Waals surface area contributed by atoms with Crippen molar-refractivity contribution in [1.29, 1.82) is 0 Å². The number of aliphatic carboxylic acids is 2. The Hall–Kier alpha value is -2.05. The topological polar surface area (TPSA) is 250 Å². The molecule has 2 heterocycles. The van der Waals surface area contributed by atoms with Gasteiger partial charge in [0.05, 0.1) is 18.1 Å². The van der Waals surface area contributed by atoms with E-state index >= 15 is 0 Å². The van der Waals surface area contributed by atoms with E-state index in [-0.39, 0.29) is 34.4 Å². The first-order valence-electron chi connectivity index (χ1n) is 20.8. The van der Waals surface area contributed by atoms with Crippen molar-refractivity contribution in [2.75, 3.05) is 6.61 Å². The Morgan fingerprint density at radius 2 is 1.44 bits per heavy atom. The highest BCUT2D eigenvalue weighted by Gasteiger charge is 2.71. The molecule has 1 unspecified atom stereocenters. The Morgan fingerprint density at radius 1 is 0.772 bits per heavy atom. The third-order valence-corrected chi connectivity index (χ3v) is 17.3. The minimum atomic E-state index is -1.98. The van der Waals surface area contributed by atoms with Crippen molar-refractivity contribution < 1.29 is 74.2 Å². The zero-order valence-corrected chi connectivity index (χ0v) is 34.2. The first-order valence-corrected chi connectivity index (χ1v) is 20.8. The van der Waals surface area contributed by atoms with E-state index in [2.05, 4.69) is 41.5 Å². The quantitative estimate of drug-likeness (QED) is 0.172. The van der Waals surface area contributed by atoms with Gasteiger partial charge < -0.3 is 59.8 Å². The molecule has 7 rings (SSSR count). The highest BCUT2D eigenvalue weighted by Crippen LogP contribution is 2.75. The summed E-state index contributed by atoms with van der Waals surface area (Å²) in [6.45, 7) is 14.3. The molecule has 2 saturated heterocycles. The molecule has 15 nitrogen and oxygen atoms in total. The predicted molar refractivity (Wildman–Crippen MR) is 199 cm³/mol. The number of aliphatic hydroxyl groups excluding tert-OH is 6. The van der Waals surface area contributed by atoms with Crippen molar-refractivity contribution in [2.45, 2.75) is 174 Å². The standard InChI is InChI=1S/C42H64O15/c1-37(2)23-8-11-42(7)32(21(44)16-19-20-17-39(4,36(52)53)13-12-38(20,3)14-15-41(19,42)6)40(23,5)10-9-24(37)55-35-31(28(48)27(47)30(56-35)33(50)51)57-34-29(49)26(46)25(45)22(18-43)54-34/h16,20,22-32,34-35,43,45-49H,8-15,17-18H2,1-7H3,(H,50,51)(H,52,53)/t20-,22+,23-,24?,25+,26-,27-,28-,29+,30-,31+,32+,34-,35+,38+,39-,40-,41+,42+/m0/s1. The molecule has 0 amide bonds. The lowest BCUT2D eigenvalue weighted by molar-refractivity contribution is -0.374. The van der Waals surface area contributed by atoms with Crippen LogP contribution in [0, 0.1) is 50.2 Å². The van der Waals surface area contributed by atoms with Gasteiger partial charge in [-0.1, -0.05) is 47.1 Å². The summed E-state index contributed by atoms with van der Waals surface area (Å²) in [5, 5.41) is 83.3. The molecule has 19 atom stereocenters. The lowest BCUT2D eigenvalue weighted by Crippen LogP contribution is -2.68. The molecular weight excluding hydrogens is 744 g/mol. The average molecular weight is 809 g/mol. The van der Waals surface area contributed by atoms with Gasteiger partial charge in [0.1, 0.15) is 42.7 Å². The fourth-order valence-electron chi connectivity index (χ4n) is 13.4. The van der Waals surface area contributed by atoms with Gasteiger partial charge in [0.15, 0.2) is 24.5 Å². The minimum Gasteiger partial charge on any atom is -0.481 e. The van der Waals surface area contributed by atoms with Crippen LogP contribution in [0.3, 0.4) is 0 Å². The van der Waals surface area contributed by atoms with Crippen LogP contribution in [-0.4, -0.2) is 133 Å². The smallest absolute Gasteiger partial charge is 0.335 e. The highest BCUT2D eigenvalue weighted by molar-refractivity contribution is 5.95. The van der Waals surface area contributed by atoms with Crippen molar-refractivity contribution in [3.63, 3.8) is 0 Å². The molecule has 0 spiro atoms. The molecule has 0 aromatic rings. The Bertz CT molecular complexity index is 1650. The number of rotatable bonds is 7. The molecule has 0 aromatic heterocycles. The lowest BCUT2D eigenvalue weighted by Gasteiger charge is -2.70. The van der Waals surface area contributed by atoms with Gasteiger partial charge in [-0.25, -0.2) is 4.79 Å². The van der Waals surface area contributed by atoms with Crippen molar-refractivity contribution in [2.24, 2.45) is 50.2 Å². The van der Waals surface area contributed by atoms with Crippen LogP contribution in [0.15, 0.2) is 11.6 Å². The number of ketones is 1. The molecule has 4 saturated carbocycles. The molecule has 8 N–H and O–H groups in total. The van der Waals surface area contributed by atoms with Crippen LogP contribution in [0.5, 0.6) is 0 Å². The number of hydrogen-bond acceptors (Lipinski definition) is 13. The third kappa shape index (κ3) is 6.31. The van der Waals surface area contributed by atoms with Crippen LogP contribution in [0.25, 0.3) is 0 Å². The van der Waals surface area contributed by atoms with E-state index in [1.165, 1.54) is 0 Å². The van der Waals surface area contributed by atoms with Crippen molar-refractivity contribution >= 4 is 17.7 Å². The summed E-state index contributed by atoms with van der Waals surface area (Å²) in [5.74, 6) is -2.63. The van der Waals surface area contributed by atoms with Crippen LogP contribution < -0.4 is 0 Å². The van der Waals surface area contributed by atoms with Crippen LogP contribution in [0.2, 0.25) is 0 Å². The molecule has 5 aliphatic carbocycles. The second-order valence-electron chi connectivity index (χ2n) is 20.6. The summed E-state index contributed by atoms with van der Waals surface area (Å²) in [6, 6.07) is 0. The van der Waals surface area contributed by atoms with Crippen LogP contribution >= 0.6 is 0 Å². The van der Waals surface area contributed by atoms with Gasteiger partial charge in [0, 0.05) is 5.92 Å². The molecule has 2 aliphatic heterocycles. The average Bonchev–Trinajstić information content (AvgIpc) is 3.13. The number of carboxylic acid groups (broad SMARTS) is 2. The fourth-order valence-corrected chi connectivity index (χ4v) is 13.4. The molecule has 322 valence electrons. The number of carboxylic acids is 2. The van der Waals surface area contributed by atoms with Crippen LogP contribution in [-0.2, 0) is 33.3 Å². The van der Waals surface area contributed by atoms with Crippen LogP contribution in [0.4, 0.5) is 0 Å². The van der Waals surface area contributed by atoms with Gasteiger partial charge in [0.2, 0.25) is 0 Å². The monoisotopic (exact) mass is 808 g/mol. The van der Waals surface area contributed by atoms with Crippen molar-refractivity contribution in [3.05, 3.63) is 11.6 Å². The van der Waals surface area contributed by atoms with E-state index < -0.39 is 108 Å². The maximum absolute atomic E-state index is 14.8. The summed E-state index contributed by atoms with van der Waals surface area (Å²) in [7, 11) is 0. The summed E-state index contributed by atoms with van der Waals surface area (Å²) in [4.78, 5) is 39.5. The van der Waals surface area contributed by atoms with E-state index in [0.717, 1.165) is 37.7 Å². The first-order chi connectivity index (χ1) is 26.4. The van der Waals surface area contributed by atoms with Gasteiger partial charge in [-0.05, 0) is 110 Å². The molecule has 0 bridgehead atoms. The van der Waals surface area contributed by atoms with Gasteiger partial charge in [-0.15, -0.1) is 0 Å². The molecule has 15 heteroatoms. The second kappa shape index (κ2) is 14.3. The maximum Gasteiger partial charge on any atom is 0.335 e. The van der Waals surface area contributed by atoms with Crippen molar-refractivity contribution in [3.8, 4) is 0 Å². The van der Waals surface area contributed by atoms with E-state index in [0.29, 0.717) is 25.7 Å². The van der Waals surface area contributed by atoms with Gasteiger partial charge in [0.25, 0.3) is 0 Å². The summed E-state index contributed by atoms with van der Waals surface area (Å²) < 4.78 is 23.8. The number of ether oxygens (including phenoxy) is 4. The normalized spacial score (nSPS) is 53.4. The number of allylic oxidation sites excluding steroid dienone is 2. The van der Waals surface area contributed by atoms with Crippen LogP contribution in [0.1, 0.15) is 106 Å². The zero-order valence-electron chi connectivity index (χ0n) is 34.2. The second-order valence-corrected chi connectivity index (χ2v) is 20.6. The molecule has 0 aromatic carbocycles. The van der Waals surface area contributed by atoms with E-state index in [4.69, 9.17) is 18.9 Å². The molecule has 7 aliphatic rings. The molecule has 57 heavy (non-hydrogen) atoms. The van der Waals surface area contributed by atoms with Crippen molar-refractivity contribution in [1.82, 2.24) is 0 Å². The number of carbonyl (C=O) groups is 3. The lowest BCUT2D eigenvalue weighted by atomic mass is 9.33.